The number of ether oxygens (including phenoxy) is 1. The van der Waals surface area contributed by atoms with Crippen LogP contribution in [-0.2, 0) is 9.53 Å². The summed E-state index contributed by atoms with van der Waals surface area (Å²) < 4.78 is 19.3. The highest BCUT2D eigenvalue weighted by Gasteiger charge is 2.22. The van der Waals surface area contributed by atoms with E-state index in [1.54, 1.807) is 0 Å². The van der Waals surface area contributed by atoms with Crippen LogP contribution in [0.1, 0.15) is 28.4 Å². The predicted molar refractivity (Wildman–Crippen MR) is 93.5 cm³/mol. The lowest BCUT2D eigenvalue weighted by atomic mass is 10.1. The Hall–Kier alpha value is -2.21. The Kier molecular flexibility index (Phi) is 5.72. The van der Waals surface area contributed by atoms with E-state index in [1.165, 1.54) is 19.1 Å². The SMILES string of the molecule is Cc1cccc(C)c1NC(=O)[C@H](C)OC(=O)c1ccc(Br)cc1F. The maximum absolute atomic E-state index is 13.8. The van der Waals surface area contributed by atoms with E-state index in [1.807, 2.05) is 32.0 Å². The van der Waals surface area contributed by atoms with Crippen LogP contribution < -0.4 is 5.32 Å². The number of rotatable bonds is 4. The second kappa shape index (κ2) is 7.57. The summed E-state index contributed by atoms with van der Waals surface area (Å²) in [6.45, 7) is 5.19. The van der Waals surface area contributed by atoms with Gasteiger partial charge in [0.05, 0.1) is 5.56 Å². The first kappa shape index (κ1) is 18.1. The largest absolute Gasteiger partial charge is 0.449 e. The van der Waals surface area contributed by atoms with Crippen LogP contribution in [0.4, 0.5) is 10.1 Å². The molecule has 0 aromatic heterocycles. The second-order valence-electron chi connectivity index (χ2n) is 5.43. The highest BCUT2D eigenvalue weighted by Crippen LogP contribution is 2.20. The van der Waals surface area contributed by atoms with Gasteiger partial charge in [-0.2, -0.15) is 0 Å². The Morgan fingerprint density at radius 3 is 2.38 bits per heavy atom. The van der Waals surface area contributed by atoms with Crippen molar-refractivity contribution in [2.45, 2.75) is 26.9 Å². The molecule has 0 saturated carbocycles. The number of para-hydroxylation sites is 1. The molecule has 6 heteroatoms. The van der Waals surface area contributed by atoms with Gasteiger partial charge in [-0.25, -0.2) is 9.18 Å². The molecular formula is C18H17BrFNO3. The molecule has 2 aromatic carbocycles. The number of hydrogen-bond donors (Lipinski definition) is 1. The number of carbonyl (C=O) groups excluding carboxylic acids is 2. The molecule has 0 heterocycles. The summed E-state index contributed by atoms with van der Waals surface area (Å²) in [7, 11) is 0. The van der Waals surface area contributed by atoms with Gasteiger partial charge in [0.15, 0.2) is 6.10 Å². The molecule has 0 unspecified atom stereocenters. The molecule has 1 N–H and O–H groups in total. The monoisotopic (exact) mass is 393 g/mol. The van der Waals surface area contributed by atoms with E-state index in [4.69, 9.17) is 4.74 Å². The first-order valence-electron chi connectivity index (χ1n) is 7.32. The van der Waals surface area contributed by atoms with Crippen LogP contribution in [0.3, 0.4) is 0 Å². The first-order valence-corrected chi connectivity index (χ1v) is 8.12. The number of anilines is 1. The van der Waals surface area contributed by atoms with Crippen molar-refractivity contribution in [3.8, 4) is 0 Å². The number of halogens is 2. The molecule has 0 bridgehead atoms. The number of nitrogens with one attached hydrogen (secondary N) is 1. The van der Waals surface area contributed by atoms with E-state index in [9.17, 15) is 14.0 Å². The van der Waals surface area contributed by atoms with Crippen LogP contribution in [0.25, 0.3) is 0 Å². The quantitative estimate of drug-likeness (QED) is 0.783. The van der Waals surface area contributed by atoms with Crippen molar-refractivity contribution in [3.05, 3.63) is 63.4 Å². The zero-order valence-electron chi connectivity index (χ0n) is 13.5. The van der Waals surface area contributed by atoms with E-state index < -0.39 is 23.8 Å². The minimum Gasteiger partial charge on any atom is -0.449 e. The Bertz CT molecular complexity index is 772. The van der Waals surface area contributed by atoms with Crippen molar-refractivity contribution in [2.24, 2.45) is 0 Å². The number of aryl methyl sites for hydroxylation is 2. The lowest BCUT2D eigenvalue weighted by Crippen LogP contribution is -2.30. The predicted octanol–water partition coefficient (Wildman–Crippen LogP) is 4.39. The molecule has 2 rings (SSSR count). The molecule has 0 spiro atoms. The molecule has 0 aliphatic heterocycles. The fourth-order valence-corrected chi connectivity index (χ4v) is 2.50. The lowest BCUT2D eigenvalue weighted by Gasteiger charge is -2.16. The topological polar surface area (TPSA) is 55.4 Å². The fourth-order valence-electron chi connectivity index (χ4n) is 2.17. The molecule has 126 valence electrons. The fraction of sp³-hybridized carbons (Fsp3) is 0.222. The summed E-state index contributed by atoms with van der Waals surface area (Å²) in [5.41, 5.74) is 2.27. The summed E-state index contributed by atoms with van der Waals surface area (Å²) >= 11 is 3.11. The zero-order valence-corrected chi connectivity index (χ0v) is 15.1. The summed E-state index contributed by atoms with van der Waals surface area (Å²) in [6, 6.07) is 9.63. The van der Waals surface area contributed by atoms with Crippen molar-refractivity contribution in [2.75, 3.05) is 5.32 Å². The number of carbonyl (C=O) groups is 2. The van der Waals surface area contributed by atoms with Crippen molar-refractivity contribution >= 4 is 33.5 Å². The number of hydrogen-bond acceptors (Lipinski definition) is 3. The highest BCUT2D eigenvalue weighted by atomic mass is 79.9. The molecule has 0 aliphatic carbocycles. The van der Waals surface area contributed by atoms with Gasteiger partial charge in [0, 0.05) is 10.2 Å². The maximum Gasteiger partial charge on any atom is 0.341 e. The van der Waals surface area contributed by atoms with E-state index in [0.717, 1.165) is 17.2 Å². The third kappa shape index (κ3) is 4.20. The molecule has 0 radical (unpaired) electrons. The number of benzene rings is 2. The van der Waals surface area contributed by atoms with Crippen LogP contribution in [0.5, 0.6) is 0 Å². The van der Waals surface area contributed by atoms with Crippen molar-refractivity contribution in [1.82, 2.24) is 0 Å². The van der Waals surface area contributed by atoms with Gasteiger partial charge in [0.1, 0.15) is 5.82 Å². The molecule has 0 fully saturated rings. The first-order chi connectivity index (χ1) is 11.3. The molecular weight excluding hydrogens is 377 g/mol. The Balaban J connectivity index is 2.07. The molecule has 1 amide bonds. The molecule has 2 aromatic rings. The van der Waals surface area contributed by atoms with Crippen LogP contribution in [-0.4, -0.2) is 18.0 Å². The molecule has 4 nitrogen and oxygen atoms in total. The lowest BCUT2D eigenvalue weighted by molar-refractivity contribution is -0.123. The minimum atomic E-state index is -1.06. The maximum atomic E-state index is 13.8. The molecule has 0 aliphatic rings. The Labute approximate surface area is 148 Å². The summed E-state index contributed by atoms with van der Waals surface area (Å²) in [5, 5.41) is 2.74. The van der Waals surface area contributed by atoms with Crippen molar-refractivity contribution in [3.63, 3.8) is 0 Å². The molecule has 24 heavy (non-hydrogen) atoms. The van der Waals surface area contributed by atoms with Gasteiger partial charge in [0.25, 0.3) is 5.91 Å². The molecule has 1 atom stereocenters. The zero-order chi connectivity index (χ0) is 17.9. The Morgan fingerprint density at radius 1 is 1.17 bits per heavy atom. The third-order valence-electron chi connectivity index (χ3n) is 3.53. The highest BCUT2D eigenvalue weighted by molar-refractivity contribution is 9.10. The average Bonchev–Trinajstić information content (AvgIpc) is 2.50. The van der Waals surface area contributed by atoms with Crippen LogP contribution >= 0.6 is 15.9 Å². The van der Waals surface area contributed by atoms with Crippen LogP contribution in [0, 0.1) is 19.7 Å². The minimum absolute atomic E-state index is 0.218. The smallest absolute Gasteiger partial charge is 0.341 e. The second-order valence-corrected chi connectivity index (χ2v) is 6.34. The van der Waals surface area contributed by atoms with Gasteiger partial charge in [-0.3, -0.25) is 4.79 Å². The number of esters is 1. The standard InChI is InChI=1S/C18H17BrFNO3/c1-10-5-4-6-11(2)16(10)21-17(22)12(3)24-18(23)14-8-7-13(19)9-15(14)20/h4-9,12H,1-3H3,(H,21,22)/t12-/m0/s1. The van der Waals surface area contributed by atoms with Gasteiger partial charge in [-0.05, 0) is 50.1 Å². The van der Waals surface area contributed by atoms with E-state index in [-0.39, 0.29) is 5.56 Å². The van der Waals surface area contributed by atoms with Gasteiger partial charge < -0.3 is 10.1 Å². The molecule has 0 saturated heterocycles. The van der Waals surface area contributed by atoms with E-state index >= 15 is 0 Å². The van der Waals surface area contributed by atoms with Gasteiger partial charge in [-0.15, -0.1) is 0 Å². The van der Waals surface area contributed by atoms with E-state index in [2.05, 4.69) is 21.2 Å². The van der Waals surface area contributed by atoms with Crippen molar-refractivity contribution in [1.29, 1.82) is 0 Å². The van der Waals surface area contributed by atoms with Gasteiger partial charge in [0.2, 0.25) is 0 Å². The number of amides is 1. The Morgan fingerprint density at radius 2 is 1.79 bits per heavy atom. The third-order valence-corrected chi connectivity index (χ3v) is 4.03. The van der Waals surface area contributed by atoms with Crippen LogP contribution in [0.15, 0.2) is 40.9 Å². The normalized spacial score (nSPS) is 11.7. The van der Waals surface area contributed by atoms with Gasteiger partial charge in [-0.1, -0.05) is 34.1 Å². The van der Waals surface area contributed by atoms with Crippen LogP contribution in [0.2, 0.25) is 0 Å². The summed E-state index contributed by atoms with van der Waals surface area (Å²) in [5.74, 6) is -2.07. The summed E-state index contributed by atoms with van der Waals surface area (Å²) in [6.07, 6.45) is -1.06. The average molecular weight is 394 g/mol. The summed E-state index contributed by atoms with van der Waals surface area (Å²) in [4.78, 5) is 24.3. The van der Waals surface area contributed by atoms with Crippen molar-refractivity contribution < 1.29 is 18.7 Å². The van der Waals surface area contributed by atoms with E-state index in [0.29, 0.717) is 10.2 Å². The van der Waals surface area contributed by atoms with Gasteiger partial charge >= 0.3 is 5.97 Å².